The van der Waals surface area contributed by atoms with Crippen molar-refractivity contribution < 1.29 is 24.1 Å². The molecule has 0 radical (unpaired) electrons. The average molecular weight is 494 g/mol. The number of ether oxygens (including phenoxy) is 3. The average Bonchev–Trinajstić information content (AvgIpc) is 2.85. The Labute approximate surface area is 212 Å². The summed E-state index contributed by atoms with van der Waals surface area (Å²) in [6.45, 7) is 8.22. The molecule has 4 rings (SSSR count). The van der Waals surface area contributed by atoms with Gasteiger partial charge in [0, 0.05) is 50.1 Å². The quantitative estimate of drug-likeness (QED) is 0.416. The minimum absolute atomic E-state index is 0.219. The summed E-state index contributed by atoms with van der Waals surface area (Å²) in [4.78, 5) is 23.8. The lowest BCUT2D eigenvalue weighted by atomic mass is 9.91. The van der Waals surface area contributed by atoms with Crippen LogP contribution in [-0.4, -0.2) is 43.1 Å². The number of aromatic nitrogens is 1. The van der Waals surface area contributed by atoms with Crippen molar-refractivity contribution >= 4 is 5.97 Å². The van der Waals surface area contributed by atoms with Crippen LogP contribution >= 0.6 is 0 Å². The number of benzene rings is 2. The van der Waals surface area contributed by atoms with E-state index in [9.17, 15) is 14.7 Å². The van der Waals surface area contributed by atoms with E-state index in [1.54, 1.807) is 14.2 Å². The molecule has 0 atom stereocenters. The Balaban J connectivity index is 0.000000840. The first kappa shape index (κ1) is 27.0. The molecule has 2 heterocycles. The van der Waals surface area contributed by atoms with Gasteiger partial charge < -0.3 is 23.9 Å². The SMILES string of the molecule is CC(C)C.COCCCOc1cc2c(cc1-c1cccc(OC)c1)-c1cc(=O)c(C(=O)O)cn1CC2. The molecule has 1 aliphatic rings. The smallest absolute Gasteiger partial charge is 0.341 e. The highest BCUT2D eigenvalue weighted by atomic mass is 16.5. The summed E-state index contributed by atoms with van der Waals surface area (Å²) in [5.41, 5.74) is 3.74. The van der Waals surface area contributed by atoms with Crippen LogP contribution in [0.2, 0.25) is 0 Å². The lowest BCUT2D eigenvalue weighted by Gasteiger charge is -2.25. The molecule has 0 saturated carbocycles. The first-order valence-corrected chi connectivity index (χ1v) is 12.2. The zero-order chi connectivity index (χ0) is 26.2. The van der Waals surface area contributed by atoms with E-state index in [1.807, 2.05) is 41.0 Å². The second-order valence-electron chi connectivity index (χ2n) is 9.35. The minimum atomic E-state index is -1.21. The monoisotopic (exact) mass is 493 g/mol. The van der Waals surface area contributed by atoms with Crippen LogP contribution in [0.4, 0.5) is 0 Å². The van der Waals surface area contributed by atoms with Crippen LogP contribution in [0.15, 0.2) is 53.5 Å². The maximum atomic E-state index is 12.4. The molecule has 7 nitrogen and oxygen atoms in total. The van der Waals surface area contributed by atoms with E-state index in [0.717, 1.165) is 46.1 Å². The van der Waals surface area contributed by atoms with Gasteiger partial charge >= 0.3 is 5.97 Å². The van der Waals surface area contributed by atoms with Crippen LogP contribution in [-0.2, 0) is 17.7 Å². The third-order valence-electron chi connectivity index (χ3n) is 5.59. The van der Waals surface area contributed by atoms with Crippen molar-refractivity contribution in [3.8, 4) is 33.9 Å². The molecule has 0 fully saturated rings. The zero-order valence-corrected chi connectivity index (χ0v) is 21.7. The molecule has 36 heavy (non-hydrogen) atoms. The summed E-state index contributed by atoms with van der Waals surface area (Å²) in [7, 11) is 3.28. The minimum Gasteiger partial charge on any atom is -0.497 e. The summed E-state index contributed by atoms with van der Waals surface area (Å²) in [5.74, 6) is 1.10. The summed E-state index contributed by atoms with van der Waals surface area (Å²) in [5, 5.41) is 9.31. The first-order valence-electron chi connectivity index (χ1n) is 12.2. The number of rotatable bonds is 8. The summed E-state index contributed by atoms with van der Waals surface area (Å²) >= 11 is 0. The van der Waals surface area contributed by atoms with E-state index in [-0.39, 0.29) is 5.56 Å². The van der Waals surface area contributed by atoms with Crippen LogP contribution in [0.1, 0.15) is 43.1 Å². The van der Waals surface area contributed by atoms with Crippen LogP contribution in [0.3, 0.4) is 0 Å². The van der Waals surface area contributed by atoms with Crippen molar-refractivity contribution in [2.75, 3.05) is 27.4 Å². The van der Waals surface area contributed by atoms with Crippen LogP contribution in [0.5, 0.6) is 11.5 Å². The molecule has 0 unspecified atom stereocenters. The predicted molar refractivity (Wildman–Crippen MR) is 141 cm³/mol. The first-order chi connectivity index (χ1) is 17.2. The summed E-state index contributed by atoms with van der Waals surface area (Å²) in [6, 6.07) is 13.2. The molecule has 0 aliphatic carbocycles. The highest BCUT2D eigenvalue weighted by molar-refractivity contribution is 5.88. The van der Waals surface area contributed by atoms with Gasteiger partial charge in [-0.3, -0.25) is 4.79 Å². The van der Waals surface area contributed by atoms with Gasteiger partial charge in [0.05, 0.1) is 19.4 Å². The number of aryl methyl sites for hydroxylation is 2. The van der Waals surface area contributed by atoms with E-state index < -0.39 is 11.4 Å². The highest BCUT2D eigenvalue weighted by Gasteiger charge is 2.22. The van der Waals surface area contributed by atoms with Gasteiger partial charge in [-0.1, -0.05) is 32.9 Å². The fraction of sp³-hybridized carbons (Fsp3) is 0.379. The van der Waals surface area contributed by atoms with Crippen molar-refractivity contribution in [1.82, 2.24) is 4.57 Å². The standard InChI is InChI=1S/C25H25NO6.C4H10/c1-30-9-4-10-32-24-12-17-7-8-26-15-21(25(28)29)23(27)14-22(26)19(17)13-20(24)16-5-3-6-18(11-16)31-2;1-4(2)3/h3,5-6,11-15H,4,7-10H2,1-2H3,(H,28,29);4H,1-3H3. The van der Waals surface area contributed by atoms with Gasteiger partial charge in [-0.05, 0) is 47.7 Å². The van der Waals surface area contributed by atoms with Gasteiger partial charge in [0.25, 0.3) is 0 Å². The number of aromatic carboxylic acids is 1. The van der Waals surface area contributed by atoms with Crippen molar-refractivity contribution in [1.29, 1.82) is 0 Å². The Morgan fingerprint density at radius 2 is 1.81 bits per heavy atom. The van der Waals surface area contributed by atoms with Gasteiger partial charge in [0.2, 0.25) is 0 Å². The number of pyridine rings is 1. The molecule has 7 heteroatoms. The Kier molecular flexibility index (Phi) is 9.31. The largest absolute Gasteiger partial charge is 0.497 e. The maximum Gasteiger partial charge on any atom is 0.341 e. The van der Waals surface area contributed by atoms with E-state index in [4.69, 9.17) is 14.2 Å². The van der Waals surface area contributed by atoms with E-state index in [0.29, 0.717) is 31.9 Å². The maximum absolute atomic E-state index is 12.4. The van der Waals surface area contributed by atoms with Gasteiger partial charge in [-0.15, -0.1) is 0 Å². The number of hydrogen-bond acceptors (Lipinski definition) is 5. The number of carboxylic acids is 1. The molecular formula is C29H35NO6. The number of carboxylic acid groups (broad SMARTS) is 1. The van der Waals surface area contributed by atoms with E-state index >= 15 is 0 Å². The molecule has 2 aromatic carbocycles. The number of nitrogens with zero attached hydrogens (tertiary/aromatic N) is 1. The Morgan fingerprint density at radius 3 is 2.47 bits per heavy atom. The molecule has 1 aromatic heterocycles. The van der Waals surface area contributed by atoms with Gasteiger partial charge in [0.15, 0.2) is 5.43 Å². The molecule has 0 amide bonds. The molecule has 0 saturated heterocycles. The Bertz CT molecular complexity index is 1260. The molecule has 1 aliphatic heterocycles. The summed E-state index contributed by atoms with van der Waals surface area (Å²) < 4.78 is 18.5. The van der Waals surface area contributed by atoms with Crippen LogP contribution < -0.4 is 14.9 Å². The molecule has 1 N–H and O–H groups in total. The van der Waals surface area contributed by atoms with Crippen molar-refractivity contribution in [2.24, 2.45) is 5.92 Å². The number of methoxy groups -OCH3 is 2. The van der Waals surface area contributed by atoms with Gasteiger partial charge in [-0.2, -0.15) is 0 Å². The number of hydrogen-bond donors (Lipinski definition) is 1. The zero-order valence-electron chi connectivity index (χ0n) is 21.7. The fourth-order valence-corrected chi connectivity index (χ4v) is 3.98. The fourth-order valence-electron chi connectivity index (χ4n) is 3.98. The second kappa shape index (κ2) is 12.4. The van der Waals surface area contributed by atoms with E-state index in [1.165, 1.54) is 12.3 Å². The molecule has 0 spiro atoms. The van der Waals surface area contributed by atoms with E-state index in [2.05, 4.69) is 20.8 Å². The third-order valence-corrected chi connectivity index (χ3v) is 5.59. The second-order valence-corrected chi connectivity index (χ2v) is 9.35. The predicted octanol–water partition coefficient (Wildman–Crippen LogP) is 5.52. The topological polar surface area (TPSA) is 87.0 Å². The molecule has 3 aromatic rings. The van der Waals surface area contributed by atoms with Crippen LogP contribution in [0.25, 0.3) is 22.4 Å². The van der Waals surface area contributed by atoms with Crippen LogP contribution in [0, 0.1) is 5.92 Å². The Morgan fingerprint density at radius 1 is 1.06 bits per heavy atom. The lowest BCUT2D eigenvalue weighted by molar-refractivity contribution is 0.0694. The third kappa shape index (κ3) is 6.55. The lowest BCUT2D eigenvalue weighted by Crippen LogP contribution is -2.22. The normalized spacial score (nSPS) is 11.7. The van der Waals surface area contributed by atoms with Crippen molar-refractivity contribution in [3.63, 3.8) is 0 Å². The molecular weight excluding hydrogens is 458 g/mol. The molecule has 0 bridgehead atoms. The Hall–Kier alpha value is -3.58. The van der Waals surface area contributed by atoms with Gasteiger partial charge in [0.1, 0.15) is 17.1 Å². The highest BCUT2D eigenvalue weighted by Crippen LogP contribution is 2.40. The van der Waals surface area contributed by atoms with Gasteiger partial charge in [-0.25, -0.2) is 4.79 Å². The summed E-state index contributed by atoms with van der Waals surface area (Å²) in [6.07, 6.45) is 2.90. The number of fused-ring (bicyclic) bond motifs is 3. The van der Waals surface area contributed by atoms with Crippen molar-refractivity contribution in [3.05, 3.63) is 70.0 Å². The van der Waals surface area contributed by atoms with Crippen molar-refractivity contribution in [2.45, 2.75) is 40.2 Å². The molecule has 192 valence electrons. The number of carbonyl (C=O) groups is 1.